The topological polar surface area (TPSA) is 136 Å². The molecule has 2 N–H and O–H groups in total. The monoisotopic (exact) mass is 894 g/mol. The fraction of sp³-hybridized carbons (Fsp3) is 0.192. The first kappa shape index (κ1) is 40.0. The summed E-state index contributed by atoms with van der Waals surface area (Å²) >= 11 is 13.5. The fourth-order valence-corrected chi connectivity index (χ4v) is 10.3. The Hall–Kier alpha value is -6.60. The lowest BCUT2D eigenvalue weighted by atomic mass is 9.70. The molecule has 320 valence electrons. The number of aromatic nitrogens is 8. The Morgan fingerprint density at radius 3 is 1.37 bits per heavy atom. The number of halogens is 2. The molecule has 2 fully saturated rings. The summed E-state index contributed by atoms with van der Waals surface area (Å²) in [6.45, 7) is 0.184. The SMILES string of the molecule is OC1(COCC2(O)CC(c3nc(-c4ccc5ccc(-c6ccccc6)nc5c4)c4c(Cl)nccn34)C2)CC(c2nc(-c3ccc4ccc(-c5ccccc5)nc4c3)c3c(Cl)nccn23)C1. The van der Waals surface area contributed by atoms with Crippen molar-refractivity contribution in [1.82, 2.24) is 38.7 Å². The predicted molar refractivity (Wildman–Crippen MR) is 253 cm³/mol. The minimum atomic E-state index is -1.07. The second kappa shape index (κ2) is 15.5. The highest BCUT2D eigenvalue weighted by atomic mass is 35.5. The molecule has 11 nitrogen and oxygen atoms in total. The van der Waals surface area contributed by atoms with E-state index in [0.29, 0.717) is 58.4 Å². The van der Waals surface area contributed by atoms with E-state index in [2.05, 4.69) is 46.4 Å². The van der Waals surface area contributed by atoms with Crippen molar-refractivity contribution >= 4 is 56.0 Å². The van der Waals surface area contributed by atoms with Gasteiger partial charge in [-0.15, -0.1) is 0 Å². The van der Waals surface area contributed by atoms with Gasteiger partial charge >= 0.3 is 0 Å². The summed E-state index contributed by atoms with van der Waals surface area (Å²) in [6.07, 6.45) is 8.85. The van der Waals surface area contributed by atoms with Crippen molar-refractivity contribution in [2.24, 2.45) is 0 Å². The van der Waals surface area contributed by atoms with E-state index in [1.807, 2.05) is 106 Å². The number of rotatable bonds is 10. The van der Waals surface area contributed by atoms with E-state index < -0.39 is 11.2 Å². The smallest absolute Gasteiger partial charge is 0.155 e. The zero-order valence-corrected chi connectivity index (χ0v) is 36.4. The summed E-state index contributed by atoms with van der Waals surface area (Å²) < 4.78 is 10.1. The van der Waals surface area contributed by atoms with Gasteiger partial charge in [0.15, 0.2) is 10.3 Å². The van der Waals surface area contributed by atoms with Crippen LogP contribution in [0.1, 0.15) is 49.2 Å². The molecule has 0 atom stereocenters. The first-order chi connectivity index (χ1) is 31.7. The van der Waals surface area contributed by atoms with E-state index in [4.69, 9.17) is 47.9 Å². The van der Waals surface area contributed by atoms with Gasteiger partial charge in [0, 0.05) is 69.6 Å². The summed E-state index contributed by atoms with van der Waals surface area (Å²) in [5.74, 6) is 1.51. The Bertz CT molecular complexity index is 3230. The maximum absolute atomic E-state index is 11.6. The minimum Gasteiger partial charge on any atom is -0.387 e. The van der Waals surface area contributed by atoms with E-state index >= 15 is 0 Å². The van der Waals surface area contributed by atoms with Crippen molar-refractivity contribution in [2.75, 3.05) is 13.2 Å². The van der Waals surface area contributed by atoms with E-state index in [9.17, 15) is 10.2 Å². The zero-order chi connectivity index (χ0) is 43.9. The van der Waals surface area contributed by atoms with Crippen LogP contribution in [0.5, 0.6) is 0 Å². The quantitative estimate of drug-likeness (QED) is 0.137. The summed E-state index contributed by atoms with van der Waals surface area (Å²) in [5.41, 5.74) is 8.03. The summed E-state index contributed by atoms with van der Waals surface area (Å²) in [4.78, 5) is 29.0. The third-order valence-corrected chi connectivity index (χ3v) is 13.7. The Morgan fingerprint density at radius 1 is 0.523 bits per heavy atom. The Kier molecular flexibility index (Phi) is 9.55. The number of hydrogen-bond donors (Lipinski definition) is 2. The third kappa shape index (κ3) is 7.11. The van der Waals surface area contributed by atoms with Crippen molar-refractivity contribution in [2.45, 2.75) is 48.7 Å². The van der Waals surface area contributed by atoms with Crippen LogP contribution in [0.3, 0.4) is 0 Å². The molecule has 0 radical (unpaired) electrons. The number of nitrogens with zero attached hydrogens (tertiary/aromatic N) is 8. The van der Waals surface area contributed by atoms with Gasteiger partial charge in [0.1, 0.15) is 22.7 Å². The molecule has 6 aromatic heterocycles. The molecule has 6 heterocycles. The lowest BCUT2D eigenvalue weighted by Gasteiger charge is -2.45. The second-order valence-corrected chi connectivity index (χ2v) is 18.3. The van der Waals surface area contributed by atoms with Crippen LogP contribution in [0.25, 0.3) is 77.9 Å². The highest BCUT2D eigenvalue weighted by Gasteiger charge is 2.49. The van der Waals surface area contributed by atoms with E-state index in [1.165, 1.54) is 0 Å². The van der Waals surface area contributed by atoms with Crippen LogP contribution in [0.2, 0.25) is 10.3 Å². The van der Waals surface area contributed by atoms with Crippen molar-refractivity contribution in [3.8, 4) is 45.0 Å². The van der Waals surface area contributed by atoms with Crippen LogP contribution in [-0.2, 0) is 4.74 Å². The normalized spacial score (nSPS) is 20.7. The molecule has 2 aliphatic carbocycles. The summed E-state index contributed by atoms with van der Waals surface area (Å²) in [5, 5.41) is 26.0. The molecular formula is C52H40Cl2N8O3. The standard InChI is InChI=1S/C52H40Cl2N8O3/c53-47-45-43(35-13-11-33-15-17-39(57-41(33)23-35)31-7-3-1-4-8-31)59-49(61(45)21-19-55-47)37-25-51(63,26-37)29-65-30-52(64)27-38(28-52)50-60-44(46-48(54)56-20-22-62(46)50)36-14-12-34-16-18-40(58-42(34)24-36)32-9-5-2-6-10-32/h1-24,37-38,63-64H,25-30H2. The van der Waals surface area contributed by atoms with Crippen molar-refractivity contribution in [3.05, 3.63) is 168 Å². The molecule has 2 aliphatic rings. The molecule has 0 saturated heterocycles. The molecule has 0 amide bonds. The van der Waals surface area contributed by atoms with Gasteiger partial charge in [0.25, 0.3) is 0 Å². The van der Waals surface area contributed by atoms with Gasteiger partial charge in [0.05, 0.1) is 58.2 Å². The predicted octanol–water partition coefficient (Wildman–Crippen LogP) is 10.8. The van der Waals surface area contributed by atoms with Crippen LogP contribution in [0.15, 0.2) is 146 Å². The van der Waals surface area contributed by atoms with Crippen LogP contribution < -0.4 is 0 Å². The van der Waals surface area contributed by atoms with Gasteiger partial charge in [-0.3, -0.25) is 8.80 Å². The number of imidazole rings is 2. The van der Waals surface area contributed by atoms with Gasteiger partial charge in [0.2, 0.25) is 0 Å². The molecule has 13 heteroatoms. The van der Waals surface area contributed by atoms with Gasteiger partial charge in [-0.2, -0.15) is 0 Å². The minimum absolute atomic E-state index is 0.0451. The lowest BCUT2D eigenvalue weighted by Crippen LogP contribution is -2.51. The maximum Gasteiger partial charge on any atom is 0.155 e. The lowest BCUT2D eigenvalue weighted by molar-refractivity contribution is -0.154. The van der Waals surface area contributed by atoms with E-state index in [0.717, 1.165) is 67.1 Å². The van der Waals surface area contributed by atoms with Gasteiger partial charge < -0.3 is 14.9 Å². The molecule has 2 saturated carbocycles. The van der Waals surface area contributed by atoms with Gasteiger partial charge in [-0.05, 0) is 49.9 Å². The number of fused-ring (bicyclic) bond motifs is 4. The summed E-state index contributed by atoms with van der Waals surface area (Å²) in [6, 6.07) is 40.7. The number of benzene rings is 4. The number of pyridine rings is 2. The fourth-order valence-electron chi connectivity index (χ4n) is 9.84. The van der Waals surface area contributed by atoms with Gasteiger partial charge in [-0.25, -0.2) is 29.9 Å². The van der Waals surface area contributed by atoms with Crippen molar-refractivity contribution < 1.29 is 14.9 Å². The highest BCUT2D eigenvalue weighted by molar-refractivity contribution is 6.33. The number of ether oxygens (including phenoxy) is 1. The molecular weight excluding hydrogens is 856 g/mol. The van der Waals surface area contributed by atoms with Gasteiger partial charge in [-0.1, -0.05) is 120 Å². The largest absolute Gasteiger partial charge is 0.387 e. The molecule has 0 bridgehead atoms. The Morgan fingerprint density at radius 2 is 0.938 bits per heavy atom. The molecule has 0 aliphatic heterocycles. The van der Waals surface area contributed by atoms with Crippen molar-refractivity contribution in [1.29, 1.82) is 0 Å². The van der Waals surface area contributed by atoms with Crippen LogP contribution >= 0.6 is 23.2 Å². The Balaban J connectivity index is 0.731. The molecule has 12 rings (SSSR count). The van der Waals surface area contributed by atoms with Crippen molar-refractivity contribution in [3.63, 3.8) is 0 Å². The molecule has 4 aromatic carbocycles. The summed E-state index contributed by atoms with van der Waals surface area (Å²) in [7, 11) is 0. The maximum atomic E-state index is 11.6. The first-order valence-corrected chi connectivity index (χ1v) is 22.4. The Labute approximate surface area is 383 Å². The van der Waals surface area contributed by atoms with Crippen LogP contribution in [-0.4, -0.2) is 73.3 Å². The van der Waals surface area contributed by atoms with E-state index in [-0.39, 0.29) is 25.0 Å². The molecule has 65 heavy (non-hydrogen) atoms. The van der Waals surface area contributed by atoms with Crippen LogP contribution in [0, 0.1) is 0 Å². The number of aliphatic hydroxyl groups is 2. The second-order valence-electron chi connectivity index (χ2n) is 17.6. The molecule has 10 aromatic rings. The number of hydrogen-bond acceptors (Lipinski definition) is 9. The average Bonchev–Trinajstić information content (AvgIpc) is 3.91. The van der Waals surface area contributed by atoms with E-state index in [1.54, 1.807) is 12.4 Å². The zero-order valence-electron chi connectivity index (χ0n) is 34.9. The van der Waals surface area contributed by atoms with Crippen LogP contribution in [0.4, 0.5) is 0 Å². The highest BCUT2D eigenvalue weighted by Crippen LogP contribution is 2.49. The molecule has 0 unspecified atom stereocenters. The molecule has 0 spiro atoms. The first-order valence-electron chi connectivity index (χ1n) is 21.7. The average molecular weight is 896 g/mol. The third-order valence-electron chi connectivity index (χ3n) is 13.1.